The molecule has 1 aliphatic heterocycles. The van der Waals surface area contributed by atoms with Crippen LogP contribution in [0.1, 0.15) is 30.4 Å². The molecular weight excluding hydrogens is 370 g/mol. The van der Waals surface area contributed by atoms with Crippen LogP contribution in [-0.2, 0) is 11.8 Å². The van der Waals surface area contributed by atoms with Gasteiger partial charge in [-0.05, 0) is 60.7 Å². The Bertz CT molecular complexity index is 999. The normalized spacial score (nSPS) is 18.8. The number of nitrogens with one attached hydrogen (secondary N) is 2. The van der Waals surface area contributed by atoms with E-state index < -0.39 is 0 Å². The van der Waals surface area contributed by atoms with E-state index in [9.17, 15) is 4.79 Å². The zero-order valence-corrected chi connectivity index (χ0v) is 16.5. The maximum atomic E-state index is 11.3. The Morgan fingerprint density at radius 3 is 2.54 bits per heavy atom. The Kier molecular flexibility index (Phi) is 4.83. The van der Waals surface area contributed by atoms with Gasteiger partial charge in [-0.2, -0.15) is 0 Å². The standard InChI is InChI=1S/C21H21N5OS/c1-14(27)23-15-8-10-16(11-9-15)26-20(18-7-5-13-25(18)2)19(24-21(26)28)17-6-3-4-12-22-17/h3-13,19-20H,1-2H3,(H,23,27)(H,24,28). The minimum atomic E-state index is -0.0944. The van der Waals surface area contributed by atoms with Crippen LogP contribution in [-0.4, -0.2) is 20.6 Å². The molecule has 28 heavy (non-hydrogen) atoms. The first-order chi connectivity index (χ1) is 13.5. The summed E-state index contributed by atoms with van der Waals surface area (Å²) in [5, 5.41) is 6.89. The first-order valence-corrected chi connectivity index (χ1v) is 9.45. The maximum absolute atomic E-state index is 11.3. The second-order valence-electron chi connectivity index (χ2n) is 6.77. The molecule has 6 nitrogen and oxygen atoms in total. The predicted molar refractivity (Wildman–Crippen MR) is 114 cm³/mol. The van der Waals surface area contributed by atoms with Crippen molar-refractivity contribution in [2.75, 3.05) is 10.2 Å². The third-order valence-electron chi connectivity index (χ3n) is 4.85. The molecule has 4 rings (SSSR count). The SMILES string of the molecule is CC(=O)Nc1ccc(N2C(=S)NC(c3ccccn3)C2c2cccn2C)cc1. The van der Waals surface area contributed by atoms with E-state index in [4.69, 9.17) is 12.2 Å². The molecule has 1 aromatic carbocycles. The van der Waals surface area contributed by atoms with Gasteiger partial charge in [-0.1, -0.05) is 6.07 Å². The Morgan fingerprint density at radius 2 is 1.93 bits per heavy atom. The third-order valence-corrected chi connectivity index (χ3v) is 5.17. The number of nitrogens with zero attached hydrogens (tertiary/aromatic N) is 3. The van der Waals surface area contributed by atoms with E-state index in [1.165, 1.54) is 6.92 Å². The largest absolute Gasteiger partial charge is 0.353 e. The predicted octanol–water partition coefficient (Wildman–Crippen LogP) is 3.56. The van der Waals surface area contributed by atoms with Gasteiger partial charge in [0, 0.05) is 43.4 Å². The molecule has 0 radical (unpaired) electrons. The quantitative estimate of drug-likeness (QED) is 0.666. The molecule has 0 aliphatic carbocycles. The van der Waals surface area contributed by atoms with Crippen LogP contribution in [0.4, 0.5) is 11.4 Å². The van der Waals surface area contributed by atoms with E-state index in [0.717, 1.165) is 22.8 Å². The highest BCUT2D eigenvalue weighted by atomic mass is 32.1. The van der Waals surface area contributed by atoms with Crippen LogP contribution in [0.2, 0.25) is 0 Å². The highest BCUT2D eigenvalue weighted by Crippen LogP contribution is 2.41. The summed E-state index contributed by atoms with van der Waals surface area (Å²) in [7, 11) is 2.03. The van der Waals surface area contributed by atoms with E-state index in [1.807, 2.05) is 61.8 Å². The molecule has 1 aliphatic rings. The van der Waals surface area contributed by atoms with Crippen molar-refractivity contribution in [2.45, 2.75) is 19.0 Å². The van der Waals surface area contributed by atoms with E-state index in [2.05, 4.69) is 31.2 Å². The monoisotopic (exact) mass is 391 g/mol. The Morgan fingerprint density at radius 1 is 1.14 bits per heavy atom. The van der Waals surface area contributed by atoms with Gasteiger partial charge in [0.25, 0.3) is 0 Å². The van der Waals surface area contributed by atoms with E-state index >= 15 is 0 Å². The number of aryl methyl sites for hydroxylation is 1. The van der Waals surface area contributed by atoms with Gasteiger partial charge >= 0.3 is 0 Å². The Balaban J connectivity index is 1.75. The highest BCUT2D eigenvalue weighted by Gasteiger charge is 2.41. The number of aromatic nitrogens is 2. The lowest BCUT2D eigenvalue weighted by molar-refractivity contribution is -0.114. The number of anilines is 2. The molecule has 2 aromatic heterocycles. The van der Waals surface area contributed by atoms with Crippen LogP contribution in [0.3, 0.4) is 0 Å². The molecule has 2 N–H and O–H groups in total. The van der Waals surface area contributed by atoms with Crippen LogP contribution >= 0.6 is 12.2 Å². The molecule has 142 valence electrons. The molecule has 1 saturated heterocycles. The average Bonchev–Trinajstić information content (AvgIpc) is 3.25. The maximum Gasteiger partial charge on any atom is 0.221 e. The van der Waals surface area contributed by atoms with Gasteiger partial charge in [0.15, 0.2) is 5.11 Å². The summed E-state index contributed by atoms with van der Waals surface area (Å²) in [5.74, 6) is -0.0944. The first kappa shape index (κ1) is 18.2. The van der Waals surface area contributed by atoms with Crippen molar-refractivity contribution < 1.29 is 4.79 Å². The van der Waals surface area contributed by atoms with Gasteiger partial charge in [0.1, 0.15) is 6.04 Å². The third kappa shape index (κ3) is 3.36. The molecule has 1 fully saturated rings. The lowest BCUT2D eigenvalue weighted by Gasteiger charge is -2.28. The fraction of sp³-hybridized carbons (Fsp3) is 0.190. The van der Waals surface area contributed by atoms with Crippen LogP contribution in [0, 0.1) is 0 Å². The highest BCUT2D eigenvalue weighted by molar-refractivity contribution is 7.80. The topological polar surface area (TPSA) is 62.2 Å². The molecule has 7 heteroatoms. The summed E-state index contributed by atoms with van der Waals surface area (Å²) < 4.78 is 2.11. The number of carbonyl (C=O) groups excluding carboxylic acids is 1. The number of carbonyl (C=O) groups is 1. The molecule has 2 unspecified atom stereocenters. The van der Waals surface area contributed by atoms with Crippen molar-refractivity contribution in [3.05, 3.63) is 78.4 Å². The Hall–Kier alpha value is -3.19. The summed E-state index contributed by atoms with van der Waals surface area (Å²) in [5.41, 5.74) is 3.78. The molecule has 0 saturated carbocycles. The smallest absolute Gasteiger partial charge is 0.221 e. The molecule has 2 atom stereocenters. The van der Waals surface area contributed by atoms with E-state index in [0.29, 0.717) is 5.11 Å². The number of thiocarbonyl (C=S) groups is 1. The number of pyridine rings is 1. The number of benzene rings is 1. The number of hydrogen-bond acceptors (Lipinski definition) is 3. The van der Waals surface area contributed by atoms with E-state index in [1.54, 1.807) is 6.20 Å². The van der Waals surface area contributed by atoms with Gasteiger partial charge in [-0.25, -0.2) is 0 Å². The van der Waals surface area contributed by atoms with Crippen LogP contribution in [0.5, 0.6) is 0 Å². The first-order valence-electron chi connectivity index (χ1n) is 9.04. The van der Waals surface area contributed by atoms with Gasteiger partial charge in [-0.3, -0.25) is 9.78 Å². The fourth-order valence-corrected chi connectivity index (χ4v) is 3.97. The number of amides is 1. The lowest BCUT2D eigenvalue weighted by Crippen LogP contribution is -2.30. The molecule has 3 heterocycles. The number of rotatable bonds is 4. The second-order valence-corrected chi connectivity index (χ2v) is 7.16. The lowest BCUT2D eigenvalue weighted by atomic mass is 10.0. The number of hydrogen-bond donors (Lipinski definition) is 2. The summed E-state index contributed by atoms with van der Waals surface area (Å²) in [6.07, 6.45) is 3.83. The van der Waals surface area contributed by atoms with Crippen LogP contribution in [0.15, 0.2) is 67.0 Å². The van der Waals surface area contributed by atoms with Gasteiger partial charge in [0.05, 0.1) is 11.7 Å². The van der Waals surface area contributed by atoms with Crippen LogP contribution < -0.4 is 15.5 Å². The van der Waals surface area contributed by atoms with Crippen molar-refractivity contribution in [3.8, 4) is 0 Å². The van der Waals surface area contributed by atoms with Crippen molar-refractivity contribution in [1.29, 1.82) is 0 Å². The van der Waals surface area contributed by atoms with Gasteiger partial charge in [0.2, 0.25) is 5.91 Å². The van der Waals surface area contributed by atoms with Crippen molar-refractivity contribution >= 4 is 34.6 Å². The molecule has 3 aromatic rings. The van der Waals surface area contributed by atoms with Gasteiger partial charge in [-0.15, -0.1) is 0 Å². The second kappa shape index (κ2) is 7.44. The van der Waals surface area contributed by atoms with Crippen LogP contribution in [0.25, 0.3) is 0 Å². The molecule has 0 spiro atoms. The summed E-state index contributed by atoms with van der Waals surface area (Å²) in [6, 6.07) is 17.6. The van der Waals surface area contributed by atoms with Gasteiger partial charge < -0.3 is 20.1 Å². The molecule has 1 amide bonds. The minimum Gasteiger partial charge on any atom is -0.353 e. The van der Waals surface area contributed by atoms with Crippen molar-refractivity contribution in [1.82, 2.24) is 14.9 Å². The zero-order valence-electron chi connectivity index (χ0n) is 15.7. The zero-order chi connectivity index (χ0) is 19.7. The molecule has 0 bridgehead atoms. The average molecular weight is 392 g/mol. The van der Waals surface area contributed by atoms with Crippen molar-refractivity contribution in [2.24, 2.45) is 7.05 Å². The minimum absolute atomic E-state index is 0.0472. The molecular formula is C21H21N5OS. The fourth-order valence-electron chi connectivity index (χ4n) is 3.62. The summed E-state index contributed by atoms with van der Waals surface area (Å²) >= 11 is 5.70. The van der Waals surface area contributed by atoms with Crippen molar-refractivity contribution in [3.63, 3.8) is 0 Å². The Labute approximate surface area is 169 Å². The summed E-state index contributed by atoms with van der Waals surface area (Å²) in [4.78, 5) is 18.0. The summed E-state index contributed by atoms with van der Waals surface area (Å²) in [6.45, 7) is 1.50. The van der Waals surface area contributed by atoms with E-state index in [-0.39, 0.29) is 18.0 Å².